The zero-order valence-electron chi connectivity index (χ0n) is 11.8. The topological polar surface area (TPSA) is 41.8 Å². The Labute approximate surface area is 128 Å². The zero-order chi connectivity index (χ0) is 14.7. The number of aliphatic hydroxyl groups excluding tert-OH is 1. The molecule has 1 heterocycles. The minimum Gasteiger partial charge on any atom is -0.467 e. The van der Waals surface area contributed by atoms with Gasteiger partial charge in [-0.3, -0.25) is 0 Å². The van der Waals surface area contributed by atoms with Crippen LogP contribution in [0, 0.1) is 0 Å². The average molecular weight is 299 g/mol. The number of rotatable bonds is 4. The Balaban J connectivity index is 1.92. The molecule has 2 aromatic rings. The van der Waals surface area contributed by atoms with Crippen molar-refractivity contribution in [3.8, 4) is 0 Å². The van der Waals surface area contributed by atoms with Crippen molar-refractivity contribution in [1.29, 1.82) is 0 Å². The molecule has 0 bridgehead atoms. The molecular weight excluding hydrogens is 282 g/mol. The molecule has 1 aliphatic heterocycles. The summed E-state index contributed by atoms with van der Waals surface area (Å²) in [5.74, 6) is 0.618. The standard InChI is InChI=1S/C17H17NO2S/c1-21-15-10-6-5-9-13(15)17-18-14(11-19)16(20-17)12-7-3-2-4-8-12/h2-10,14,16,19H,11H2,1H3/t14-,16-/m0/s1. The molecule has 3 rings (SSSR count). The van der Waals surface area contributed by atoms with E-state index in [1.54, 1.807) is 11.8 Å². The molecule has 3 nitrogen and oxygen atoms in total. The number of ether oxygens (including phenoxy) is 1. The highest BCUT2D eigenvalue weighted by molar-refractivity contribution is 7.98. The van der Waals surface area contributed by atoms with Gasteiger partial charge in [0.25, 0.3) is 0 Å². The van der Waals surface area contributed by atoms with Gasteiger partial charge in [0.1, 0.15) is 6.04 Å². The lowest BCUT2D eigenvalue weighted by molar-refractivity contribution is 0.151. The van der Waals surface area contributed by atoms with E-state index < -0.39 is 0 Å². The van der Waals surface area contributed by atoms with Crippen molar-refractivity contribution >= 4 is 17.7 Å². The third-order valence-corrected chi connectivity index (χ3v) is 4.32. The molecule has 21 heavy (non-hydrogen) atoms. The molecule has 2 aromatic carbocycles. The predicted octanol–water partition coefficient (Wildman–Crippen LogP) is 3.29. The van der Waals surface area contributed by atoms with Gasteiger partial charge in [0.15, 0.2) is 6.10 Å². The third kappa shape index (κ3) is 2.82. The lowest BCUT2D eigenvalue weighted by Gasteiger charge is -2.16. The van der Waals surface area contributed by atoms with E-state index >= 15 is 0 Å². The first-order valence-corrected chi connectivity index (χ1v) is 8.09. The highest BCUT2D eigenvalue weighted by Gasteiger charge is 2.32. The van der Waals surface area contributed by atoms with Gasteiger partial charge in [0.2, 0.25) is 5.90 Å². The fourth-order valence-electron chi connectivity index (χ4n) is 2.47. The van der Waals surface area contributed by atoms with Crippen LogP contribution in [0.4, 0.5) is 0 Å². The monoisotopic (exact) mass is 299 g/mol. The van der Waals surface area contributed by atoms with E-state index in [-0.39, 0.29) is 18.8 Å². The molecule has 4 heteroatoms. The minimum atomic E-state index is -0.252. The summed E-state index contributed by atoms with van der Waals surface area (Å²) >= 11 is 1.66. The summed E-state index contributed by atoms with van der Waals surface area (Å²) in [6.07, 6.45) is 1.81. The molecular formula is C17H17NO2S. The van der Waals surface area contributed by atoms with E-state index in [4.69, 9.17) is 4.74 Å². The van der Waals surface area contributed by atoms with E-state index in [0.29, 0.717) is 5.90 Å². The van der Waals surface area contributed by atoms with Crippen LogP contribution in [0.2, 0.25) is 0 Å². The van der Waals surface area contributed by atoms with Crippen LogP contribution in [-0.4, -0.2) is 29.9 Å². The van der Waals surface area contributed by atoms with Crippen LogP contribution in [0.5, 0.6) is 0 Å². The number of hydrogen-bond acceptors (Lipinski definition) is 4. The van der Waals surface area contributed by atoms with Gasteiger partial charge in [-0.25, -0.2) is 4.99 Å². The normalized spacial score (nSPS) is 21.0. The van der Waals surface area contributed by atoms with Crippen molar-refractivity contribution < 1.29 is 9.84 Å². The zero-order valence-corrected chi connectivity index (χ0v) is 12.6. The van der Waals surface area contributed by atoms with Gasteiger partial charge >= 0.3 is 0 Å². The van der Waals surface area contributed by atoms with Crippen LogP contribution < -0.4 is 0 Å². The Hall–Kier alpha value is -1.78. The molecule has 2 atom stereocenters. The molecule has 0 aromatic heterocycles. The van der Waals surface area contributed by atoms with Crippen molar-refractivity contribution in [3.63, 3.8) is 0 Å². The molecule has 0 saturated carbocycles. The molecule has 0 radical (unpaired) electrons. The molecule has 0 amide bonds. The molecule has 0 unspecified atom stereocenters. The SMILES string of the molecule is CSc1ccccc1C1=N[C@@H](CO)[C@H](c2ccccc2)O1. The van der Waals surface area contributed by atoms with E-state index in [0.717, 1.165) is 16.0 Å². The second-order valence-corrected chi connectivity index (χ2v) is 5.68. The number of hydrogen-bond donors (Lipinski definition) is 1. The fraction of sp³-hybridized carbons (Fsp3) is 0.235. The molecule has 0 saturated heterocycles. The highest BCUT2D eigenvalue weighted by atomic mass is 32.2. The maximum atomic E-state index is 9.60. The van der Waals surface area contributed by atoms with Gasteiger partial charge in [-0.15, -0.1) is 11.8 Å². The number of aliphatic hydroxyl groups is 1. The number of nitrogens with zero attached hydrogens (tertiary/aromatic N) is 1. The van der Waals surface area contributed by atoms with Gasteiger partial charge in [-0.1, -0.05) is 42.5 Å². The van der Waals surface area contributed by atoms with Gasteiger partial charge in [0.05, 0.1) is 6.61 Å². The quantitative estimate of drug-likeness (QED) is 0.881. The summed E-state index contributed by atoms with van der Waals surface area (Å²) in [5.41, 5.74) is 2.03. The van der Waals surface area contributed by atoms with Crippen molar-refractivity contribution in [3.05, 3.63) is 65.7 Å². The Bertz CT molecular complexity index is 642. The van der Waals surface area contributed by atoms with Crippen molar-refractivity contribution in [2.45, 2.75) is 17.0 Å². The lowest BCUT2D eigenvalue weighted by Crippen LogP contribution is -2.17. The fourth-order valence-corrected chi connectivity index (χ4v) is 3.06. The van der Waals surface area contributed by atoms with Crippen LogP contribution in [0.15, 0.2) is 64.5 Å². The summed E-state index contributed by atoms with van der Waals surface area (Å²) in [5, 5.41) is 9.60. The number of thioether (sulfide) groups is 1. The summed E-state index contributed by atoms with van der Waals surface area (Å²) in [7, 11) is 0. The van der Waals surface area contributed by atoms with Gasteiger partial charge in [0, 0.05) is 10.5 Å². The second kappa shape index (κ2) is 6.33. The van der Waals surface area contributed by atoms with Crippen LogP contribution in [0.3, 0.4) is 0 Å². The predicted molar refractivity (Wildman–Crippen MR) is 85.9 cm³/mol. The van der Waals surface area contributed by atoms with E-state index in [9.17, 15) is 5.11 Å². The van der Waals surface area contributed by atoms with E-state index in [2.05, 4.69) is 11.1 Å². The first-order valence-electron chi connectivity index (χ1n) is 6.87. The summed E-state index contributed by atoms with van der Waals surface area (Å²) in [6.45, 7) is -0.0233. The summed E-state index contributed by atoms with van der Waals surface area (Å²) in [6, 6.07) is 17.7. The Morgan fingerprint density at radius 1 is 1.10 bits per heavy atom. The van der Waals surface area contributed by atoms with Crippen LogP contribution in [-0.2, 0) is 4.74 Å². The minimum absolute atomic E-state index is 0.0233. The maximum absolute atomic E-state index is 9.60. The largest absolute Gasteiger partial charge is 0.467 e. The Morgan fingerprint density at radius 2 is 1.81 bits per heavy atom. The van der Waals surface area contributed by atoms with Crippen LogP contribution in [0.1, 0.15) is 17.2 Å². The van der Waals surface area contributed by atoms with E-state index in [1.807, 2.05) is 54.8 Å². The van der Waals surface area contributed by atoms with Crippen LogP contribution in [0.25, 0.3) is 0 Å². The van der Waals surface area contributed by atoms with E-state index in [1.165, 1.54) is 0 Å². The van der Waals surface area contributed by atoms with Crippen molar-refractivity contribution in [1.82, 2.24) is 0 Å². The lowest BCUT2D eigenvalue weighted by atomic mass is 10.0. The summed E-state index contributed by atoms with van der Waals surface area (Å²) < 4.78 is 6.06. The molecule has 0 aliphatic carbocycles. The van der Waals surface area contributed by atoms with Crippen LogP contribution >= 0.6 is 11.8 Å². The average Bonchev–Trinajstić information content (AvgIpc) is 2.99. The molecule has 1 aliphatic rings. The molecule has 0 spiro atoms. The Morgan fingerprint density at radius 3 is 2.52 bits per heavy atom. The second-order valence-electron chi connectivity index (χ2n) is 4.83. The first-order chi connectivity index (χ1) is 10.3. The van der Waals surface area contributed by atoms with Gasteiger partial charge in [-0.2, -0.15) is 0 Å². The molecule has 1 N–H and O–H groups in total. The van der Waals surface area contributed by atoms with Gasteiger partial charge < -0.3 is 9.84 Å². The number of benzene rings is 2. The first kappa shape index (κ1) is 14.2. The maximum Gasteiger partial charge on any atom is 0.218 e. The van der Waals surface area contributed by atoms with Crippen molar-refractivity contribution in [2.75, 3.05) is 12.9 Å². The molecule has 0 fully saturated rings. The number of aliphatic imine (C=N–C) groups is 1. The van der Waals surface area contributed by atoms with Crippen molar-refractivity contribution in [2.24, 2.45) is 4.99 Å². The Kier molecular flexibility index (Phi) is 4.27. The highest BCUT2D eigenvalue weighted by Crippen LogP contribution is 2.33. The summed E-state index contributed by atoms with van der Waals surface area (Å²) in [4.78, 5) is 5.70. The smallest absolute Gasteiger partial charge is 0.218 e. The molecule has 108 valence electrons. The third-order valence-electron chi connectivity index (χ3n) is 3.52. The van der Waals surface area contributed by atoms with Gasteiger partial charge in [-0.05, 0) is 24.0 Å².